The lowest BCUT2D eigenvalue weighted by molar-refractivity contribution is -0.118. The number of anilines is 1. The van der Waals surface area contributed by atoms with E-state index in [1.807, 2.05) is 13.3 Å². The molecule has 1 aromatic rings. The van der Waals surface area contributed by atoms with Crippen LogP contribution in [-0.4, -0.2) is 23.5 Å². The minimum atomic E-state index is -0.347. The average molecular weight is 249 g/mol. The van der Waals surface area contributed by atoms with Crippen LogP contribution in [0.1, 0.15) is 13.3 Å². The van der Waals surface area contributed by atoms with Crippen LogP contribution in [0.4, 0.5) is 10.5 Å². The predicted octanol–water partition coefficient (Wildman–Crippen LogP) is 0.919. The first-order chi connectivity index (χ1) is 8.58. The third-order valence-electron chi connectivity index (χ3n) is 2.24. The zero-order valence-corrected chi connectivity index (χ0v) is 10.2. The van der Waals surface area contributed by atoms with Crippen LogP contribution >= 0.6 is 0 Å². The van der Waals surface area contributed by atoms with Crippen molar-refractivity contribution in [3.63, 3.8) is 0 Å². The fraction of sp³-hybridized carbons (Fsp3) is 0.333. The molecule has 6 nitrogen and oxygen atoms in total. The highest BCUT2D eigenvalue weighted by Gasteiger charge is 2.07. The van der Waals surface area contributed by atoms with Gasteiger partial charge < -0.3 is 16.4 Å². The molecule has 0 aliphatic heterocycles. The van der Waals surface area contributed by atoms with Crippen molar-refractivity contribution in [3.8, 4) is 0 Å². The Morgan fingerprint density at radius 3 is 2.72 bits per heavy atom. The number of nitrogens with one attached hydrogen (secondary N) is 2. The van der Waals surface area contributed by atoms with Crippen LogP contribution < -0.4 is 16.4 Å². The van der Waals surface area contributed by atoms with Gasteiger partial charge in [-0.25, -0.2) is 4.79 Å². The van der Waals surface area contributed by atoms with Crippen molar-refractivity contribution in [2.24, 2.45) is 11.7 Å². The lowest BCUT2D eigenvalue weighted by Crippen LogP contribution is -2.31. The molecule has 0 saturated heterocycles. The summed E-state index contributed by atoms with van der Waals surface area (Å²) >= 11 is 0. The molecule has 4 N–H and O–H groups in total. The van der Waals surface area contributed by atoms with Crippen molar-refractivity contribution in [2.75, 3.05) is 11.9 Å². The summed E-state index contributed by atoms with van der Waals surface area (Å²) in [6.45, 7) is 2.25. The van der Waals surface area contributed by atoms with Crippen LogP contribution in [0.5, 0.6) is 0 Å². The van der Waals surface area contributed by atoms with E-state index in [2.05, 4.69) is 15.6 Å². The van der Waals surface area contributed by atoms with Crippen LogP contribution in [0.2, 0.25) is 0 Å². The molecule has 6 heteroatoms. The molecular weight excluding hydrogens is 232 g/mol. The molecule has 18 heavy (non-hydrogen) atoms. The molecule has 0 unspecified atom stereocenters. The largest absolute Gasteiger partial charge is 0.370 e. The number of pyridine rings is 1. The second kappa shape index (κ2) is 7.26. The molecule has 0 spiro atoms. The Bertz CT molecular complexity index is 394. The summed E-state index contributed by atoms with van der Waals surface area (Å²) in [7, 11) is 0. The molecule has 0 saturated carbocycles. The summed E-state index contributed by atoms with van der Waals surface area (Å²) in [5.74, 6) is -0.302. The Morgan fingerprint density at radius 1 is 1.44 bits per heavy atom. The molecule has 1 aromatic heterocycles. The van der Waals surface area contributed by atoms with E-state index in [1.54, 1.807) is 24.5 Å². The van der Waals surface area contributed by atoms with Gasteiger partial charge in [-0.15, -0.1) is 0 Å². The van der Waals surface area contributed by atoms with Gasteiger partial charge in [0, 0.05) is 31.0 Å². The van der Waals surface area contributed by atoms with E-state index in [9.17, 15) is 9.59 Å². The van der Waals surface area contributed by atoms with Crippen molar-refractivity contribution < 1.29 is 9.59 Å². The smallest absolute Gasteiger partial charge is 0.319 e. The summed E-state index contributed by atoms with van der Waals surface area (Å²) in [4.78, 5) is 26.0. The van der Waals surface area contributed by atoms with Crippen LogP contribution in [-0.2, 0) is 4.79 Å². The third kappa shape index (κ3) is 5.83. The first-order valence-electron chi connectivity index (χ1n) is 5.64. The number of nitrogens with zero attached hydrogens (tertiary/aromatic N) is 1. The Labute approximate surface area is 106 Å². The van der Waals surface area contributed by atoms with Gasteiger partial charge in [-0.1, -0.05) is 6.92 Å². The number of hydrogen-bond acceptors (Lipinski definition) is 3. The normalized spacial score (nSPS) is 11.6. The van der Waals surface area contributed by atoms with E-state index in [0.29, 0.717) is 12.2 Å². The molecule has 0 aliphatic rings. The Kier molecular flexibility index (Phi) is 5.63. The summed E-state index contributed by atoms with van der Waals surface area (Å²) in [6.07, 6.45) is 5.30. The monoisotopic (exact) mass is 249 g/mol. The van der Waals surface area contributed by atoms with E-state index < -0.39 is 0 Å². The minimum absolute atomic E-state index is 0.0451. The van der Waals surface area contributed by atoms with Crippen LogP contribution in [0.25, 0.3) is 0 Å². The topological polar surface area (TPSA) is 97.1 Å². The summed E-state index contributed by atoms with van der Waals surface area (Å²) in [5.41, 5.74) is 5.74. The lowest BCUT2D eigenvalue weighted by Gasteiger charge is -2.10. The van der Waals surface area contributed by atoms with Gasteiger partial charge >= 0.3 is 6.03 Å². The summed E-state index contributed by atoms with van der Waals surface area (Å²) < 4.78 is 0. The van der Waals surface area contributed by atoms with Gasteiger partial charge in [-0.05, 0) is 24.5 Å². The van der Waals surface area contributed by atoms with Crippen molar-refractivity contribution in [1.82, 2.24) is 10.3 Å². The Morgan fingerprint density at radius 2 is 2.11 bits per heavy atom. The fourth-order valence-corrected chi connectivity index (χ4v) is 1.36. The van der Waals surface area contributed by atoms with E-state index in [0.717, 1.165) is 0 Å². The standard InChI is InChI=1S/C12H17N4O2/c1-9(8-11(13)17)2-7-15-12(18)16-10-3-5-14-6-4-10/h2-6,9H,7-8H2,1H3,(H2,13,17)(H2,14,15,16,18)/t9-/m0/s1. The second-order valence-corrected chi connectivity index (χ2v) is 3.95. The highest BCUT2D eigenvalue weighted by atomic mass is 16.2. The maximum Gasteiger partial charge on any atom is 0.319 e. The van der Waals surface area contributed by atoms with Gasteiger partial charge in [0.25, 0.3) is 0 Å². The van der Waals surface area contributed by atoms with Crippen molar-refractivity contribution in [1.29, 1.82) is 0 Å². The number of carbonyl (C=O) groups excluding carboxylic acids is 2. The molecule has 0 fully saturated rings. The number of amides is 3. The zero-order valence-electron chi connectivity index (χ0n) is 10.2. The Hall–Kier alpha value is -2.11. The molecule has 1 heterocycles. The number of primary amides is 1. The summed E-state index contributed by atoms with van der Waals surface area (Å²) in [6, 6.07) is 3.08. The highest BCUT2D eigenvalue weighted by molar-refractivity contribution is 5.89. The van der Waals surface area contributed by atoms with E-state index in [1.165, 1.54) is 0 Å². The number of carbonyl (C=O) groups is 2. The molecule has 1 atom stereocenters. The predicted molar refractivity (Wildman–Crippen MR) is 68.5 cm³/mol. The van der Waals surface area contributed by atoms with Crippen LogP contribution in [0.15, 0.2) is 24.5 Å². The van der Waals surface area contributed by atoms with Gasteiger partial charge in [0.05, 0.1) is 0 Å². The number of hydrogen-bond donors (Lipinski definition) is 3. The first kappa shape index (κ1) is 14.0. The SMILES string of the molecule is C[C@@H]([CH]CNC(=O)Nc1ccncc1)CC(N)=O. The van der Waals surface area contributed by atoms with Crippen molar-refractivity contribution >= 4 is 17.6 Å². The Balaban J connectivity index is 2.20. The van der Waals surface area contributed by atoms with Gasteiger partial charge in [0.15, 0.2) is 0 Å². The molecule has 1 rings (SSSR count). The molecule has 0 aromatic carbocycles. The van der Waals surface area contributed by atoms with Crippen LogP contribution in [0, 0.1) is 12.3 Å². The first-order valence-corrected chi connectivity index (χ1v) is 5.64. The molecule has 0 bridgehead atoms. The van der Waals surface area contributed by atoms with E-state index in [4.69, 9.17) is 5.73 Å². The maximum absolute atomic E-state index is 11.5. The van der Waals surface area contributed by atoms with Crippen LogP contribution in [0.3, 0.4) is 0 Å². The molecule has 97 valence electrons. The number of rotatable bonds is 6. The molecule has 0 aliphatic carbocycles. The summed E-state index contributed by atoms with van der Waals surface area (Å²) in [5, 5.41) is 5.31. The van der Waals surface area contributed by atoms with E-state index >= 15 is 0 Å². The number of aromatic nitrogens is 1. The molecule has 3 amide bonds. The average Bonchev–Trinajstić information content (AvgIpc) is 2.29. The van der Waals surface area contributed by atoms with Crippen molar-refractivity contribution in [3.05, 3.63) is 30.9 Å². The third-order valence-corrected chi connectivity index (χ3v) is 2.24. The van der Waals surface area contributed by atoms with Gasteiger partial charge in [-0.3, -0.25) is 9.78 Å². The van der Waals surface area contributed by atoms with E-state index in [-0.39, 0.29) is 24.3 Å². The van der Waals surface area contributed by atoms with Crippen molar-refractivity contribution in [2.45, 2.75) is 13.3 Å². The quantitative estimate of drug-likeness (QED) is 0.699. The van der Waals surface area contributed by atoms with Gasteiger partial charge in [-0.2, -0.15) is 0 Å². The fourth-order valence-electron chi connectivity index (χ4n) is 1.36. The van der Waals surface area contributed by atoms with Gasteiger partial charge in [0.2, 0.25) is 5.91 Å². The highest BCUT2D eigenvalue weighted by Crippen LogP contribution is 2.05. The lowest BCUT2D eigenvalue weighted by atomic mass is 10.0. The molecular formula is C12H17N4O2. The van der Waals surface area contributed by atoms with Gasteiger partial charge in [0.1, 0.15) is 0 Å². The minimum Gasteiger partial charge on any atom is -0.370 e. The zero-order chi connectivity index (χ0) is 13.4. The number of urea groups is 1. The maximum atomic E-state index is 11.5. The second-order valence-electron chi connectivity index (χ2n) is 3.95. The number of nitrogens with two attached hydrogens (primary N) is 1. The molecule has 1 radical (unpaired) electrons.